The van der Waals surface area contributed by atoms with Crippen LogP contribution in [0.25, 0.3) is 0 Å². The topological polar surface area (TPSA) is 36.9 Å². The number of rotatable bonds is 6. The van der Waals surface area contributed by atoms with Gasteiger partial charge in [-0.3, -0.25) is 4.99 Å². The first-order valence-corrected chi connectivity index (χ1v) is 9.33. The van der Waals surface area contributed by atoms with Gasteiger partial charge in [-0.2, -0.15) is 0 Å². The summed E-state index contributed by atoms with van der Waals surface area (Å²) >= 11 is 3.38. The highest BCUT2D eigenvalue weighted by molar-refractivity contribution is 14.0. The second kappa shape index (κ2) is 12.1. The second-order valence-corrected chi connectivity index (χ2v) is 7.14. The van der Waals surface area contributed by atoms with Crippen molar-refractivity contribution >= 4 is 45.9 Å². The highest BCUT2D eigenvalue weighted by atomic mass is 127. The van der Waals surface area contributed by atoms with Crippen LogP contribution in [0.15, 0.2) is 27.7 Å². The molecule has 1 aromatic carbocycles. The van der Waals surface area contributed by atoms with Crippen LogP contribution in [-0.2, 0) is 11.2 Å². The van der Waals surface area contributed by atoms with Crippen molar-refractivity contribution in [1.82, 2.24) is 10.2 Å². The van der Waals surface area contributed by atoms with Gasteiger partial charge in [0.2, 0.25) is 0 Å². The lowest BCUT2D eigenvalue weighted by atomic mass is 9.96. The van der Waals surface area contributed by atoms with Crippen LogP contribution in [0.4, 0.5) is 4.39 Å². The van der Waals surface area contributed by atoms with Gasteiger partial charge < -0.3 is 15.0 Å². The standard InChI is InChI=1S/C18H27BrFN3O.HI/c1-21-18(23(2)10-6-14-7-11-24-12-8-14)22-9-5-15-13-16(19)3-4-17(15)20;/h3-4,13-14H,5-12H2,1-2H3,(H,21,22);1H. The van der Waals surface area contributed by atoms with Gasteiger partial charge in [0.05, 0.1) is 0 Å². The van der Waals surface area contributed by atoms with Crippen LogP contribution in [0, 0.1) is 11.7 Å². The molecule has 0 atom stereocenters. The number of nitrogens with zero attached hydrogens (tertiary/aromatic N) is 2. The highest BCUT2D eigenvalue weighted by Crippen LogP contribution is 2.18. The lowest BCUT2D eigenvalue weighted by Crippen LogP contribution is -2.40. The van der Waals surface area contributed by atoms with E-state index in [1.165, 1.54) is 6.07 Å². The molecule has 0 radical (unpaired) electrons. The third kappa shape index (κ3) is 7.78. The maximum atomic E-state index is 13.8. The molecule has 0 spiro atoms. The molecule has 1 saturated heterocycles. The quantitative estimate of drug-likeness (QED) is 0.344. The third-order valence-electron chi connectivity index (χ3n) is 4.47. The van der Waals surface area contributed by atoms with Crippen molar-refractivity contribution in [2.24, 2.45) is 10.9 Å². The largest absolute Gasteiger partial charge is 0.381 e. The van der Waals surface area contributed by atoms with Crippen LogP contribution in [0.2, 0.25) is 0 Å². The van der Waals surface area contributed by atoms with Gasteiger partial charge in [0.1, 0.15) is 5.82 Å². The maximum Gasteiger partial charge on any atom is 0.193 e. The van der Waals surface area contributed by atoms with E-state index in [1.807, 2.05) is 13.1 Å². The minimum Gasteiger partial charge on any atom is -0.381 e. The van der Waals surface area contributed by atoms with Gasteiger partial charge in [-0.05, 0) is 55.4 Å². The molecule has 1 N–H and O–H groups in total. The van der Waals surface area contributed by atoms with E-state index in [-0.39, 0.29) is 29.8 Å². The molecular formula is C18H28BrFIN3O. The number of halogens is 3. The van der Waals surface area contributed by atoms with Gasteiger partial charge >= 0.3 is 0 Å². The SMILES string of the molecule is CN=C(NCCc1cc(Br)ccc1F)N(C)CCC1CCOCC1.I. The van der Waals surface area contributed by atoms with Gasteiger partial charge in [-0.1, -0.05) is 15.9 Å². The van der Waals surface area contributed by atoms with Gasteiger partial charge in [-0.15, -0.1) is 24.0 Å². The fourth-order valence-electron chi connectivity index (χ4n) is 2.95. The Bertz CT molecular complexity index is 553. The van der Waals surface area contributed by atoms with Gasteiger partial charge in [-0.25, -0.2) is 4.39 Å². The molecule has 1 fully saturated rings. The molecule has 7 heteroatoms. The first-order valence-electron chi connectivity index (χ1n) is 8.53. The summed E-state index contributed by atoms with van der Waals surface area (Å²) in [4.78, 5) is 6.47. The van der Waals surface area contributed by atoms with Crippen molar-refractivity contribution < 1.29 is 9.13 Å². The van der Waals surface area contributed by atoms with Crippen molar-refractivity contribution in [2.75, 3.05) is 40.4 Å². The van der Waals surface area contributed by atoms with E-state index in [4.69, 9.17) is 4.74 Å². The molecule has 0 aliphatic carbocycles. The number of nitrogens with one attached hydrogen (secondary N) is 1. The number of hydrogen-bond acceptors (Lipinski definition) is 2. The monoisotopic (exact) mass is 527 g/mol. The minimum absolute atomic E-state index is 0. The zero-order valence-electron chi connectivity index (χ0n) is 14.9. The Balaban J connectivity index is 0.00000312. The smallest absolute Gasteiger partial charge is 0.193 e. The summed E-state index contributed by atoms with van der Waals surface area (Å²) in [5.41, 5.74) is 0.706. The first kappa shape index (κ1) is 22.6. The molecule has 4 nitrogen and oxygen atoms in total. The van der Waals surface area contributed by atoms with Crippen LogP contribution in [-0.4, -0.2) is 51.3 Å². The molecule has 142 valence electrons. The molecule has 0 aromatic heterocycles. The van der Waals surface area contributed by atoms with Crippen LogP contribution < -0.4 is 5.32 Å². The summed E-state index contributed by atoms with van der Waals surface area (Å²) in [6.07, 6.45) is 4.09. The van der Waals surface area contributed by atoms with Gasteiger partial charge in [0, 0.05) is 44.9 Å². The summed E-state index contributed by atoms with van der Waals surface area (Å²) in [5, 5.41) is 3.32. The van der Waals surface area contributed by atoms with Crippen LogP contribution >= 0.6 is 39.9 Å². The van der Waals surface area contributed by atoms with E-state index >= 15 is 0 Å². The fourth-order valence-corrected chi connectivity index (χ4v) is 3.35. The number of benzene rings is 1. The van der Waals surface area contributed by atoms with E-state index in [0.29, 0.717) is 18.5 Å². The van der Waals surface area contributed by atoms with E-state index in [9.17, 15) is 4.39 Å². The number of ether oxygens (including phenoxy) is 1. The summed E-state index contributed by atoms with van der Waals surface area (Å²) in [6.45, 7) is 3.40. The summed E-state index contributed by atoms with van der Waals surface area (Å²) in [5.74, 6) is 1.44. The molecule has 1 aliphatic rings. The number of guanidine groups is 1. The van der Waals surface area contributed by atoms with Gasteiger partial charge in [0.15, 0.2) is 5.96 Å². The van der Waals surface area contributed by atoms with E-state index < -0.39 is 0 Å². The molecule has 1 aromatic rings. The minimum atomic E-state index is -0.164. The molecule has 1 heterocycles. The Hall–Kier alpha value is -0.410. The van der Waals surface area contributed by atoms with Crippen molar-refractivity contribution in [1.29, 1.82) is 0 Å². The van der Waals surface area contributed by atoms with Crippen LogP contribution in [0.1, 0.15) is 24.8 Å². The second-order valence-electron chi connectivity index (χ2n) is 6.23. The molecule has 0 saturated carbocycles. The molecule has 0 bridgehead atoms. The van der Waals surface area contributed by atoms with Gasteiger partial charge in [0.25, 0.3) is 0 Å². The molecule has 0 unspecified atom stereocenters. The zero-order valence-corrected chi connectivity index (χ0v) is 18.8. The normalized spacial score (nSPS) is 15.6. The van der Waals surface area contributed by atoms with E-state index in [2.05, 4.69) is 31.1 Å². The Morgan fingerprint density at radius 3 is 2.80 bits per heavy atom. The Kier molecular flexibility index (Phi) is 10.9. The highest BCUT2D eigenvalue weighted by Gasteiger charge is 2.15. The summed E-state index contributed by atoms with van der Waals surface area (Å²) in [6, 6.07) is 5.04. The summed E-state index contributed by atoms with van der Waals surface area (Å²) < 4.78 is 20.1. The first-order chi connectivity index (χ1) is 11.6. The fraction of sp³-hybridized carbons (Fsp3) is 0.611. The summed E-state index contributed by atoms with van der Waals surface area (Å²) in [7, 11) is 3.83. The van der Waals surface area contributed by atoms with E-state index in [0.717, 1.165) is 55.4 Å². The van der Waals surface area contributed by atoms with Crippen molar-refractivity contribution in [3.05, 3.63) is 34.1 Å². The van der Waals surface area contributed by atoms with Crippen LogP contribution in [0.5, 0.6) is 0 Å². The van der Waals surface area contributed by atoms with Crippen molar-refractivity contribution in [3.8, 4) is 0 Å². The molecule has 0 amide bonds. The molecular weight excluding hydrogens is 500 g/mol. The van der Waals surface area contributed by atoms with Crippen molar-refractivity contribution in [3.63, 3.8) is 0 Å². The zero-order chi connectivity index (χ0) is 17.4. The molecule has 1 aliphatic heterocycles. The Labute approximate surface area is 175 Å². The Morgan fingerprint density at radius 2 is 2.12 bits per heavy atom. The lowest BCUT2D eigenvalue weighted by molar-refractivity contribution is 0.0625. The van der Waals surface area contributed by atoms with E-state index in [1.54, 1.807) is 13.1 Å². The maximum absolute atomic E-state index is 13.8. The Morgan fingerprint density at radius 1 is 1.40 bits per heavy atom. The average Bonchev–Trinajstić information content (AvgIpc) is 2.60. The van der Waals surface area contributed by atoms with Crippen LogP contribution in [0.3, 0.4) is 0 Å². The molecule has 2 rings (SSSR count). The average molecular weight is 528 g/mol. The predicted octanol–water partition coefficient (Wildman–Crippen LogP) is 4.07. The lowest BCUT2D eigenvalue weighted by Gasteiger charge is -2.26. The number of aliphatic imine (C=N–C) groups is 1. The number of hydrogen-bond donors (Lipinski definition) is 1. The predicted molar refractivity (Wildman–Crippen MR) is 115 cm³/mol. The molecule has 25 heavy (non-hydrogen) atoms. The third-order valence-corrected chi connectivity index (χ3v) is 4.97. The van der Waals surface area contributed by atoms with Crippen molar-refractivity contribution in [2.45, 2.75) is 25.7 Å².